The van der Waals surface area contributed by atoms with Gasteiger partial charge in [0, 0.05) is 26.2 Å². The molecule has 4 nitrogen and oxygen atoms in total. The molecule has 0 aromatic heterocycles. The third-order valence-electron chi connectivity index (χ3n) is 3.30. The largest absolute Gasteiger partial charge is 0.376 e. The predicted octanol–water partition coefficient (Wildman–Crippen LogP) is 2.77. The van der Waals surface area contributed by atoms with Crippen LogP contribution in [-0.4, -0.2) is 38.3 Å². The summed E-state index contributed by atoms with van der Waals surface area (Å²) in [4.78, 5) is 4.25. The third-order valence-corrected chi connectivity index (χ3v) is 3.30. The second-order valence-corrected chi connectivity index (χ2v) is 5.60. The highest BCUT2D eigenvalue weighted by Crippen LogP contribution is 2.10. The van der Waals surface area contributed by atoms with Gasteiger partial charge in [-0.05, 0) is 38.5 Å². The van der Waals surface area contributed by atoms with Crippen molar-refractivity contribution in [2.24, 2.45) is 10.9 Å². The van der Waals surface area contributed by atoms with Gasteiger partial charge in [0.25, 0.3) is 0 Å². The molecule has 1 rings (SSSR count). The summed E-state index contributed by atoms with van der Waals surface area (Å²) in [6, 6.07) is 0.461. The molecule has 2 unspecified atom stereocenters. The van der Waals surface area contributed by atoms with Gasteiger partial charge in [0.15, 0.2) is 5.96 Å². The van der Waals surface area contributed by atoms with Crippen molar-refractivity contribution < 1.29 is 4.74 Å². The minimum Gasteiger partial charge on any atom is -0.376 e. The fourth-order valence-electron chi connectivity index (χ4n) is 2.10. The molecule has 0 spiro atoms. The van der Waals surface area contributed by atoms with Gasteiger partial charge in [0.1, 0.15) is 0 Å². The van der Waals surface area contributed by atoms with Crippen LogP contribution < -0.4 is 10.6 Å². The minimum absolute atomic E-state index is 0. The van der Waals surface area contributed by atoms with E-state index in [-0.39, 0.29) is 24.0 Å². The Labute approximate surface area is 135 Å². The molecule has 0 aromatic rings. The molecule has 5 heteroatoms. The number of nitrogens with zero attached hydrogens (tertiary/aromatic N) is 1. The van der Waals surface area contributed by atoms with E-state index in [9.17, 15) is 0 Å². The van der Waals surface area contributed by atoms with Gasteiger partial charge >= 0.3 is 0 Å². The van der Waals surface area contributed by atoms with Crippen LogP contribution in [0.25, 0.3) is 0 Å². The maximum atomic E-state index is 5.59. The zero-order chi connectivity index (χ0) is 13.4. The van der Waals surface area contributed by atoms with Crippen molar-refractivity contribution in [3.8, 4) is 0 Å². The highest BCUT2D eigenvalue weighted by Gasteiger charge is 2.15. The number of rotatable bonds is 6. The molecule has 2 atom stereocenters. The average molecular weight is 383 g/mol. The molecule has 0 radical (unpaired) electrons. The molecule has 0 saturated carbocycles. The van der Waals surface area contributed by atoms with Gasteiger partial charge < -0.3 is 15.4 Å². The van der Waals surface area contributed by atoms with E-state index >= 15 is 0 Å². The van der Waals surface area contributed by atoms with Gasteiger partial charge in [-0.1, -0.05) is 13.8 Å². The van der Waals surface area contributed by atoms with Crippen molar-refractivity contribution in [2.45, 2.75) is 58.6 Å². The van der Waals surface area contributed by atoms with Crippen molar-refractivity contribution in [2.75, 3.05) is 20.2 Å². The normalized spacial score (nSPS) is 21.1. The molecule has 2 N–H and O–H groups in total. The van der Waals surface area contributed by atoms with E-state index in [1.165, 1.54) is 19.3 Å². The first-order valence-electron chi connectivity index (χ1n) is 7.20. The van der Waals surface area contributed by atoms with E-state index in [0.717, 1.165) is 31.4 Å². The van der Waals surface area contributed by atoms with Crippen LogP contribution >= 0.6 is 24.0 Å². The highest BCUT2D eigenvalue weighted by atomic mass is 127. The number of hydrogen-bond donors (Lipinski definition) is 2. The quantitative estimate of drug-likeness (QED) is 0.421. The van der Waals surface area contributed by atoms with Crippen LogP contribution in [0, 0.1) is 5.92 Å². The summed E-state index contributed by atoms with van der Waals surface area (Å²) in [6.07, 6.45) is 5.13. The van der Waals surface area contributed by atoms with Crippen molar-refractivity contribution in [1.29, 1.82) is 0 Å². The summed E-state index contributed by atoms with van der Waals surface area (Å²) < 4.78 is 5.59. The first-order chi connectivity index (χ1) is 8.61. The SMILES string of the molecule is CN=C(NCC1CCCO1)NC(C)CCC(C)C.I. The molecule has 1 heterocycles. The summed E-state index contributed by atoms with van der Waals surface area (Å²) >= 11 is 0. The Morgan fingerprint density at radius 2 is 2.05 bits per heavy atom. The molecular weight excluding hydrogens is 353 g/mol. The summed E-state index contributed by atoms with van der Waals surface area (Å²) in [5.74, 6) is 1.65. The van der Waals surface area contributed by atoms with Gasteiger partial charge in [-0.25, -0.2) is 0 Å². The molecule has 0 amide bonds. The molecule has 0 aromatic carbocycles. The zero-order valence-electron chi connectivity index (χ0n) is 12.7. The summed E-state index contributed by atoms with van der Waals surface area (Å²) in [7, 11) is 1.82. The zero-order valence-corrected chi connectivity index (χ0v) is 15.1. The lowest BCUT2D eigenvalue weighted by molar-refractivity contribution is 0.113. The lowest BCUT2D eigenvalue weighted by atomic mass is 10.0. The van der Waals surface area contributed by atoms with Crippen LogP contribution in [0.4, 0.5) is 0 Å². The van der Waals surface area contributed by atoms with E-state index in [2.05, 4.69) is 36.4 Å². The van der Waals surface area contributed by atoms with E-state index in [4.69, 9.17) is 4.74 Å². The molecule has 1 fully saturated rings. The number of halogens is 1. The Hall–Kier alpha value is -0.0400. The third kappa shape index (κ3) is 8.68. The number of guanidine groups is 1. The van der Waals surface area contributed by atoms with Gasteiger partial charge in [-0.2, -0.15) is 0 Å². The van der Waals surface area contributed by atoms with Gasteiger partial charge in [0.2, 0.25) is 0 Å². The lowest BCUT2D eigenvalue weighted by Gasteiger charge is -2.20. The first kappa shape index (κ1) is 19.0. The van der Waals surface area contributed by atoms with Crippen LogP contribution in [0.2, 0.25) is 0 Å². The van der Waals surface area contributed by atoms with Gasteiger partial charge in [0.05, 0.1) is 6.10 Å². The molecule has 1 aliphatic heterocycles. The molecule has 0 aliphatic carbocycles. The minimum atomic E-state index is 0. The second-order valence-electron chi connectivity index (χ2n) is 5.60. The topological polar surface area (TPSA) is 45.7 Å². The van der Waals surface area contributed by atoms with Crippen molar-refractivity contribution in [3.05, 3.63) is 0 Å². The fraction of sp³-hybridized carbons (Fsp3) is 0.929. The fourth-order valence-corrected chi connectivity index (χ4v) is 2.10. The van der Waals surface area contributed by atoms with E-state index in [1.807, 2.05) is 7.05 Å². The van der Waals surface area contributed by atoms with Crippen LogP contribution in [0.1, 0.15) is 46.5 Å². The number of hydrogen-bond acceptors (Lipinski definition) is 2. The number of aliphatic imine (C=N–C) groups is 1. The summed E-state index contributed by atoms with van der Waals surface area (Å²) in [5.41, 5.74) is 0. The first-order valence-corrected chi connectivity index (χ1v) is 7.20. The lowest BCUT2D eigenvalue weighted by Crippen LogP contribution is -2.44. The number of nitrogens with one attached hydrogen (secondary N) is 2. The maximum absolute atomic E-state index is 5.59. The standard InChI is InChI=1S/C14H29N3O.HI/c1-11(2)7-8-12(3)17-14(15-4)16-10-13-6-5-9-18-13;/h11-13H,5-10H2,1-4H3,(H2,15,16,17);1H. The van der Waals surface area contributed by atoms with Crippen LogP contribution in [-0.2, 0) is 4.74 Å². The summed E-state index contributed by atoms with van der Waals surface area (Å²) in [5, 5.41) is 6.77. The molecule has 1 aliphatic rings. The molecular formula is C14H30IN3O. The van der Waals surface area contributed by atoms with E-state index < -0.39 is 0 Å². The van der Waals surface area contributed by atoms with Gasteiger partial charge in [-0.15, -0.1) is 24.0 Å². The molecule has 19 heavy (non-hydrogen) atoms. The van der Waals surface area contributed by atoms with Gasteiger partial charge in [-0.3, -0.25) is 4.99 Å². The summed E-state index contributed by atoms with van der Waals surface area (Å²) in [6.45, 7) is 8.50. The number of ether oxygens (including phenoxy) is 1. The molecule has 114 valence electrons. The van der Waals surface area contributed by atoms with Crippen LogP contribution in [0.3, 0.4) is 0 Å². The van der Waals surface area contributed by atoms with Crippen molar-refractivity contribution in [1.82, 2.24) is 10.6 Å². The molecule has 0 bridgehead atoms. The van der Waals surface area contributed by atoms with E-state index in [1.54, 1.807) is 0 Å². The predicted molar refractivity (Wildman–Crippen MR) is 92.4 cm³/mol. The maximum Gasteiger partial charge on any atom is 0.191 e. The Morgan fingerprint density at radius 3 is 2.58 bits per heavy atom. The van der Waals surface area contributed by atoms with Crippen molar-refractivity contribution >= 4 is 29.9 Å². The van der Waals surface area contributed by atoms with Crippen LogP contribution in [0.15, 0.2) is 4.99 Å². The Kier molecular flexibility index (Phi) is 10.7. The smallest absolute Gasteiger partial charge is 0.191 e. The molecule has 1 saturated heterocycles. The van der Waals surface area contributed by atoms with E-state index in [0.29, 0.717) is 12.1 Å². The average Bonchev–Trinajstić information content (AvgIpc) is 2.84. The van der Waals surface area contributed by atoms with Crippen LogP contribution in [0.5, 0.6) is 0 Å². The Bertz CT molecular complexity index is 253. The highest BCUT2D eigenvalue weighted by molar-refractivity contribution is 14.0. The monoisotopic (exact) mass is 383 g/mol. The Morgan fingerprint density at radius 1 is 1.32 bits per heavy atom. The van der Waals surface area contributed by atoms with Crippen molar-refractivity contribution in [3.63, 3.8) is 0 Å². The second kappa shape index (κ2) is 10.7. The Balaban J connectivity index is 0.00000324.